The zero-order valence-electron chi connectivity index (χ0n) is 7.54. The van der Waals surface area contributed by atoms with Crippen molar-refractivity contribution in [2.75, 3.05) is 0 Å². The van der Waals surface area contributed by atoms with Gasteiger partial charge in [0.25, 0.3) is 0 Å². The molecular formula is C7H12Cl2NO3P. The van der Waals surface area contributed by atoms with E-state index in [2.05, 4.69) is 0 Å². The Morgan fingerprint density at radius 1 is 1.29 bits per heavy atom. The van der Waals surface area contributed by atoms with E-state index in [0.29, 0.717) is 0 Å². The number of carbonyl (C=O) groups excluding carboxylic acids is 1. The van der Waals surface area contributed by atoms with Crippen molar-refractivity contribution in [3.8, 4) is 0 Å². The fourth-order valence-electron chi connectivity index (χ4n) is 1.47. The van der Waals surface area contributed by atoms with Gasteiger partial charge >= 0.3 is 12.1 Å². The van der Waals surface area contributed by atoms with Gasteiger partial charge in [-0.25, -0.2) is 9.88 Å². The Morgan fingerprint density at radius 2 is 1.86 bits per heavy atom. The molecule has 0 aliphatic heterocycles. The van der Waals surface area contributed by atoms with Gasteiger partial charge in [-0.05, 0) is 48.2 Å². The Morgan fingerprint density at radius 3 is 2.36 bits per heavy atom. The maximum Gasteiger partial charge on any atom is 0.414 e. The molecule has 0 heterocycles. The van der Waals surface area contributed by atoms with E-state index in [9.17, 15) is 9.36 Å². The summed E-state index contributed by atoms with van der Waals surface area (Å²) in [5.74, 6) is -3.57. The second kappa shape index (κ2) is 5.24. The molecule has 1 fully saturated rings. The standard InChI is InChI=1S/C7H12Cl2NO3P/c8-14(9,12)10-7(11)13-6-4-2-1-3-5-6/h6H,1-5H2,(H,10,11,12). The summed E-state index contributed by atoms with van der Waals surface area (Å²) < 4.78 is 15.8. The maximum absolute atomic E-state index is 11.1. The summed E-state index contributed by atoms with van der Waals surface area (Å²) in [6.45, 7) is 0. The van der Waals surface area contributed by atoms with Gasteiger partial charge < -0.3 is 4.74 Å². The van der Waals surface area contributed by atoms with E-state index in [0.717, 1.165) is 25.7 Å². The number of hydrogen-bond donors (Lipinski definition) is 1. The van der Waals surface area contributed by atoms with Crippen LogP contribution in [0.4, 0.5) is 4.79 Å². The summed E-state index contributed by atoms with van der Waals surface area (Å²) in [4.78, 5) is 11.1. The van der Waals surface area contributed by atoms with Crippen LogP contribution in [-0.2, 0) is 9.30 Å². The van der Waals surface area contributed by atoms with Crippen LogP contribution < -0.4 is 5.09 Å². The van der Waals surface area contributed by atoms with Gasteiger partial charge in [-0.3, -0.25) is 4.57 Å². The van der Waals surface area contributed by atoms with Crippen LogP contribution >= 0.6 is 28.5 Å². The molecule has 1 amide bonds. The molecule has 0 saturated heterocycles. The fraction of sp³-hybridized carbons (Fsp3) is 0.857. The largest absolute Gasteiger partial charge is 0.446 e. The molecule has 4 nitrogen and oxygen atoms in total. The molecule has 0 aromatic carbocycles. The van der Waals surface area contributed by atoms with Gasteiger partial charge in [0.05, 0.1) is 0 Å². The van der Waals surface area contributed by atoms with Crippen molar-refractivity contribution in [3.63, 3.8) is 0 Å². The lowest BCUT2D eigenvalue weighted by Crippen LogP contribution is -2.26. The van der Waals surface area contributed by atoms with Crippen molar-refractivity contribution >= 4 is 34.6 Å². The number of ether oxygens (including phenoxy) is 1. The topological polar surface area (TPSA) is 55.4 Å². The van der Waals surface area contributed by atoms with E-state index in [4.69, 9.17) is 27.2 Å². The quantitative estimate of drug-likeness (QED) is 0.771. The molecule has 1 rings (SSSR count). The highest BCUT2D eigenvalue weighted by Crippen LogP contribution is 2.52. The lowest BCUT2D eigenvalue weighted by Gasteiger charge is -2.21. The van der Waals surface area contributed by atoms with Gasteiger partial charge in [-0.1, -0.05) is 6.42 Å². The number of rotatable bonds is 2. The van der Waals surface area contributed by atoms with E-state index < -0.39 is 12.1 Å². The van der Waals surface area contributed by atoms with Crippen LogP contribution in [-0.4, -0.2) is 12.2 Å². The average Bonchev–Trinajstić information content (AvgIpc) is 2.02. The minimum atomic E-state index is -3.57. The molecule has 0 radical (unpaired) electrons. The van der Waals surface area contributed by atoms with Crippen LogP contribution in [0.3, 0.4) is 0 Å². The van der Waals surface area contributed by atoms with Crippen LogP contribution in [0.15, 0.2) is 0 Å². The van der Waals surface area contributed by atoms with E-state index in [1.807, 2.05) is 5.09 Å². The monoisotopic (exact) mass is 259 g/mol. The van der Waals surface area contributed by atoms with Crippen LogP contribution in [0, 0.1) is 0 Å². The zero-order chi connectivity index (χ0) is 10.6. The summed E-state index contributed by atoms with van der Waals surface area (Å²) >= 11 is 10.3. The summed E-state index contributed by atoms with van der Waals surface area (Å²) in [6, 6.07) is 0. The summed E-state index contributed by atoms with van der Waals surface area (Å²) in [7, 11) is 0. The lowest BCUT2D eigenvalue weighted by atomic mass is 9.98. The predicted molar refractivity (Wildman–Crippen MR) is 55.8 cm³/mol. The number of carbonyl (C=O) groups is 1. The first kappa shape index (κ1) is 12.2. The normalized spacial score (nSPS) is 19.0. The Labute approximate surface area is 92.3 Å². The third-order valence-electron chi connectivity index (χ3n) is 2.05. The third kappa shape index (κ3) is 5.08. The Kier molecular flexibility index (Phi) is 4.55. The molecule has 0 unspecified atom stereocenters. The molecule has 0 spiro atoms. The second-order valence-electron chi connectivity index (χ2n) is 3.24. The highest BCUT2D eigenvalue weighted by molar-refractivity contribution is 8.07. The molecule has 1 aliphatic rings. The Bertz CT molecular complexity index is 249. The molecule has 0 atom stereocenters. The number of halogens is 2. The Hall–Kier alpha value is 0.0800. The summed E-state index contributed by atoms with van der Waals surface area (Å²) in [6.07, 6.45) is 4.08. The minimum Gasteiger partial charge on any atom is -0.446 e. The number of nitrogens with one attached hydrogen (secondary N) is 1. The SMILES string of the molecule is O=C(NP(=O)(Cl)Cl)OC1CCCCC1. The zero-order valence-corrected chi connectivity index (χ0v) is 9.95. The highest BCUT2D eigenvalue weighted by atomic mass is 35.9. The van der Waals surface area contributed by atoms with Gasteiger partial charge in [0.15, 0.2) is 0 Å². The van der Waals surface area contributed by atoms with Crippen molar-refractivity contribution in [2.24, 2.45) is 0 Å². The summed E-state index contributed by atoms with van der Waals surface area (Å²) in [5, 5.41) is 1.89. The van der Waals surface area contributed by atoms with Crippen LogP contribution in [0.2, 0.25) is 0 Å². The molecule has 1 aliphatic carbocycles. The van der Waals surface area contributed by atoms with Gasteiger partial charge in [0, 0.05) is 0 Å². The minimum absolute atomic E-state index is 0.0939. The van der Waals surface area contributed by atoms with Crippen molar-refractivity contribution < 1.29 is 14.1 Å². The predicted octanol–water partition coefficient (Wildman–Crippen LogP) is 3.63. The first-order valence-corrected chi connectivity index (χ1v) is 7.97. The van der Waals surface area contributed by atoms with Gasteiger partial charge in [-0.2, -0.15) is 0 Å². The van der Waals surface area contributed by atoms with Crippen molar-refractivity contribution in [1.82, 2.24) is 5.09 Å². The van der Waals surface area contributed by atoms with Crippen molar-refractivity contribution in [2.45, 2.75) is 38.2 Å². The maximum atomic E-state index is 11.1. The molecular weight excluding hydrogens is 248 g/mol. The molecule has 0 bridgehead atoms. The third-order valence-corrected chi connectivity index (χ3v) is 3.00. The number of hydrogen-bond acceptors (Lipinski definition) is 3. The highest BCUT2D eigenvalue weighted by Gasteiger charge is 2.22. The summed E-state index contributed by atoms with van der Waals surface area (Å²) in [5.41, 5.74) is 0. The van der Waals surface area contributed by atoms with Gasteiger partial charge in [-0.15, -0.1) is 0 Å². The van der Waals surface area contributed by atoms with Crippen LogP contribution in [0.1, 0.15) is 32.1 Å². The van der Waals surface area contributed by atoms with E-state index in [1.165, 1.54) is 6.42 Å². The van der Waals surface area contributed by atoms with E-state index in [-0.39, 0.29) is 6.10 Å². The molecule has 82 valence electrons. The van der Waals surface area contributed by atoms with Crippen LogP contribution in [0.5, 0.6) is 0 Å². The van der Waals surface area contributed by atoms with Gasteiger partial charge in [0.1, 0.15) is 6.10 Å². The van der Waals surface area contributed by atoms with Gasteiger partial charge in [0.2, 0.25) is 0 Å². The fourth-order valence-corrected chi connectivity index (χ4v) is 2.15. The van der Waals surface area contributed by atoms with Crippen molar-refractivity contribution in [1.29, 1.82) is 0 Å². The first-order valence-electron chi connectivity index (χ1n) is 4.45. The molecule has 7 heteroatoms. The smallest absolute Gasteiger partial charge is 0.414 e. The molecule has 0 aromatic rings. The molecule has 0 aromatic heterocycles. The number of amides is 1. The van der Waals surface area contributed by atoms with E-state index in [1.54, 1.807) is 0 Å². The molecule has 1 saturated carbocycles. The lowest BCUT2D eigenvalue weighted by molar-refractivity contribution is 0.0799. The Balaban J connectivity index is 2.29. The first-order chi connectivity index (χ1) is 6.47. The van der Waals surface area contributed by atoms with Crippen LogP contribution in [0.25, 0.3) is 0 Å². The molecule has 14 heavy (non-hydrogen) atoms. The molecule has 1 N–H and O–H groups in total. The average molecular weight is 260 g/mol. The second-order valence-corrected chi connectivity index (χ2v) is 7.76. The van der Waals surface area contributed by atoms with E-state index >= 15 is 0 Å². The van der Waals surface area contributed by atoms with Crippen molar-refractivity contribution in [3.05, 3.63) is 0 Å².